The molecule has 1 aromatic heterocycles. The van der Waals surface area contributed by atoms with Crippen LogP contribution in [0.15, 0.2) is 29.4 Å². The molecule has 1 heterocycles. The van der Waals surface area contributed by atoms with Crippen LogP contribution in [-0.2, 0) is 11.2 Å². The number of aromatic nitrogens is 2. The number of hydrazone groups is 1. The second-order valence-corrected chi connectivity index (χ2v) is 6.00. The first kappa shape index (κ1) is 16.4. The molecule has 0 bridgehead atoms. The number of amides is 1. The third kappa shape index (κ3) is 5.41. The summed E-state index contributed by atoms with van der Waals surface area (Å²) >= 11 is 4.47. The minimum atomic E-state index is -0.279. The maximum atomic E-state index is 11.7. The Hall–Kier alpha value is -2.00. The Morgan fingerprint density at radius 2 is 2.36 bits per heavy atom. The molecule has 0 radical (unpaired) electrons. The van der Waals surface area contributed by atoms with Gasteiger partial charge in [-0.05, 0) is 17.7 Å². The summed E-state index contributed by atoms with van der Waals surface area (Å²) < 4.78 is 5.48. The second kappa shape index (κ2) is 8.44. The summed E-state index contributed by atoms with van der Waals surface area (Å²) in [5.41, 5.74) is 8.71. The van der Waals surface area contributed by atoms with Crippen LogP contribution in [-0.4, -0.2) is 34.3 Å². The van der Waals surface area contributed by atoms with Crippen LogP contribution in [0, 0.1) is 0 Å². The van der Waals surface area contributed by atoms with Gasteiger partial charge in [0.25, 0.3) is 0 Å². The van der Waals surface area contributed by atoms with E-state index in [0.29, 0.717) is 16.7 Å². The molecule has 3 N–H and O–H groups in total. The van der Waals surface area contributed by atoms with Crippen LogP contribution < -0.4 is 15.9 Å². The highest BCUT2D eigenvalue weighted by molar-refractivity contribution is 9.09. The summed E-state index contributed by atoms with van der Waals surface area (Å²) in [6, 6.07) is 7.42. The van der Waals surface area contributed by atoms with Gasteiger partial charge >= 0.3 is 0 Å². The Labute approximate surface area is 139 Å². The number of nitrogen functional groups attached to an aromatic ring is 1. The summed E-state index contributed by atoms with van der Waals surface area (Å²) in [4.78, 5) is 11.7. The number of anilines is 1. The van der Waals surface area contributed by atoms with Crippen molar-refractivity contribution in [3.8, 4) is 5.75 Å². The Balaban J connectivity index is 1.85. The predicted molar refractivity (Wildman–Crippen MR) is 89.5 cm³/mol. The number of nitrogens with two attached hydrogens (primary N) is 1. The quantitative estimate of drug-likeness (QED) is 0.429. The lowest BCUT2D eigenvalue weighted by atomic mass is 10.2. The van der Waals surface area contributed by atoms with E-state index in [1.54, 1.807) is 6.21 Å². The molecule has 116 valence electrons. The molecule has 0 aliphatic carbocycles. The molecule has 0 unspecified atom stereocenters. The minimum Gasteiger partial charge on any atom is -0.493 e. The summed E-state index contributed by atoms with van der Waals surface area (Å²) in [6.45, 7) is 0.586. The standard InChI is InChI=1S/C13H14BrN5O2S/c14-4-5-21-10-3-1-2-9(6-10)8-16-17-11(20)7-12-18-19-13(15)22-12/h1-3,6,8H,4-5,7H2,(H2,15,19)(H,17,20)/b16-8-. The van der Waals surface area contributed by atoms with Crippen molar-refractivity contribution in [2.75, 3.05) is 17.7 Å². The zero-order chi connectivity index (χ0) is 15.8. The molecule has 0 saturated heterocycles. The monoisotopic (exact) mass is 383 g/mol. The number of carbonyl (C=O) groups excluding carboxylic acids is 1. The van der Waals surface area contributed by atoms with Crippen molar-refractivity contribution in [2.24, 2.45) is 5.10 Å². The third-order valence-corrected chi connectivity index (χ3v) is 3.48. The smallest absolute Gasteiger partial charge is 0.247 e. The van der Waals surface area contributed by atoms with E-state index in [9.17, 15) is 4.79 Å². The van der Waals surface area contributed by atoms with E-state index >= 15 is 0 Å². The molecule has 22 heavy (non-hydrogen) atoms. The number of nitrogens with zero attached hydrogens (tertiary/aromatic N) is 3. The Morgan fingerprint density at radius 3 is 3.09 bits per heavy atom. The van der Waals surface area contributed by atoms with Gasteiger partial charge in [-0.3, -0.25) is 4.79 Å². The molecule has 0 spiro atoms. The van der Waals surface area contributed by atoms with Crippen molar-refractivity contribution in [1.82, 2.24) is 15.6 Å². The predicted octanol–water partition coefficient (Wildman–Crippen LogP) is 1.59. The van der Waals surface area contributed by atoms with Crippen molar-refractivity contribution >= 4 is 44.5 Å². The van der Waals surface area contributed by atoms with Gasteiger partial charge in [0.15, 0.2) is 0 Å². The van der Waals surface area contributed by atoms with E-state index in [4.69, 9.17) is 10.5 Å². The molecule has 1 amide bonds. The van der Waals surface area contributed by atoms with Gasteiger partial charge in [-0.2, -0.15) is 5.10 Å². The minimum absolute atomic E-state index is 0.0978. The fraction of sp³-hybridized carbons (Fsp3) is 0.231. The Kier molecular flexibility index (Phi) is 6.28. The molecular formula is C13H14BrN5O2S. The fourth-order valence-electron chi connectivity index (χ4n) is 1.53. The number of nitrogens with one attached hydrogen (secondary N) is 1. The Morgan fingerprint density at radius 1 is 1.50 bits per heavy atom. The van der Waals surface area contributed by atoms with Crippen molar-refractivity contribution < 1.29 is 9.53 Å². The van der Waals surface area contributed by atoms with Crippen molar-refractivity contribution in [3.05, 3.63) is 34.8 Å². The number of hydrogen-bond acceptors (Lipinski definition) is 7. The van der Waals surface area contributed by atoms with E-state index in [1.807, 2.05) is 24.3 Å². The zero-order valence-corrected chi connectivity index (χ0v) is 13.9. The number of alkyl halides is 1. The molecule has 0 aliphatic rings. The highest BCUT2D eigenvalue weighted by Gasteiger charge is 2.06. The van der Waals surface area contributed by atoms with Gasteiger partial charge in [-0.1, -0.05) is 39.4 Å². The normalized spacial score (nSPS) is 10.8. The van der Waals surface area contributed by atoms with Crippen LogP contribution in [0.2, 0.25) is 0 Å². The number of hydrogen-bond donors (Lipinski definition) is 2. The third-order valence-electron chi connectivity index (χ3n) is 2.40. The van der Waals surface area contributed by atoms with Crippen LogP contribution in [0.3, 0.4) is 0 Å². The molecule has 0 fully saturated rings. The number of rotatable bonds is 7. The van der Waals surface area contributed by atoms with E-state index in [-0.39, 0.29) is 12.3 Å². The first-order valence-corrected chi connectivity index (χ1v) is 8.30. The summed E-state index contributed by atoms with van der Waals surface area (Å²) in [7, 11) is 0. The largest absolute Gasteiger partial charge is 0.493 e. The topological polar surface area (TPSA) is 102 Å². The number of halogens is 1. The molecule has 0 aliphatic heterocycles. The van der Waals surface area contributed by atoms with Crippen molar-refractivity contribution in [1.29, 1.82) is 0 Å². The second-order valence-electron chi connectivity index (χ2n) is 4.11. The van der Waals surface area contributed by atoms with E-state index in [2.05, 4.69) is 36.7 Å². The summed E-state index contributed by atoms with van der Waals surface area (Å²) in [5, 5.41) is 13.0. The summed E-state index contributed by atoms with van der Waals surface area (Å²) in [6.07, 6.45) is 1.65. The Bertz CT molecular complexity index is 661. The lowest BCUT2D eigenvalue weighted by molar-refractivity contribution is -0.120. The molecule has 1 aromatic carbocycles. The van der Waals surface area contributed by atoms with Crippen LogP contribution >= 0.6 is 27.3 Å². The van der Waals surface area contributed by atoms with E-state index in [0.717, 1.165) is 16.6 Å². The molecule has 7 nitrogen and oxygen atoms in total. The highest BCUT2D eigenvalue weighted by atomic mass is 79.9. The zero-order valence-electron chi connectivity index (χ0n) is 11.5. The van der Waals surface area contributed by atoms with Crippen molar-refractivity contribution in [3.63, 3.8) is 0 Å². The molecule has 0 atom stereocenters. The number of ether oxygens (including phenoxy) is 1. The SMILES string of the molecule is Nc1nnc(CC(=O)N/N=C\c2cccc(OCCBr)c2)s1. The molecular weight excluding hydrogens is 370 g/mol. The lowest BCUT2D eigenvalue weighted by Gasteiger charge is -2.04. The van der Waals surface area contributed by atoms with Crippen LogP contribution in [0.1, 0.15) is 10.6 Å². The number of benzene rings is 1. The molecule has 2 aromatic rings. The van der Waals surface area contributed by atoms with Crippen LogP contribution in [0.25, 0.3) is 0 Å². The average molecular weight is 384 g/mol. The summed E-state index contributed by atoms with van der Waals surface area (Å²) in [5.74, 6) is 0.471. The number of carbonyl (C=O) groups is 1. The first-order chi connectivity index (χ1) is 10.7. The average Bonchev–Trinajstić information content (AvgIpc) is 2.90. The lowest BCUT2D eigenvalue weighted by Crippen LogP contribution is -2.19. The van der Waals surface area contributed by atoms with Gasteiger partial charge < -0.3 is 10.5 Å². The fourth-order valence-corrected chi connectivity index (χ4v) is 2.30. The van der Waals surface area contributed by atoms with Gasteiger partial charge in [0.1, 0.15) is 10.8 Å². The van der Waals surface area contributed by atoms with Gasteiger partial charge in [0, 0.05) is 5.33 Å². The van der Waals surface area contributed by atoms with Crippen LogP contribution in [0.5, 0.6) is 5.75 Å². The maximum Gasteiger partial charge on any atom is 0.247 e. The van der Waals surface area contributed by atoms with Gasteiger partial charge in [0.2, 0.25) is 11.0 Å². The maximum absolute atomic E-state index is 11.7. The van der Waals surface area contributed by atoms with E-state index in [1.165, 1.54) is 11.3 Å². The van der Waals surface area contributed by atoms with E-state index < -0.39 is 0 Å². The first-order valence-electron chi connectivity index (χ1n) is 6.36. The van der Waals surface area contributed by atoms with Crippen LogP contribution in [0.4, 0.5) is 5.13 Å². The van der Waals surface area contributed by atoms with Gasteiger partial charge in [-0.25, -0.2) is 5.43 Å². The highest BCUT2D eigenvalue weighted by Crippen LogP contribution is 2.12. The molecule has 2 rings (SSSR count). The molecule has 0 saturated carbocycles. The van der Waals surface area contributed by atoms with Gasteiger partial charge in [-0.15, -0.1) is 10.2 Å². The van der Waals surface area contributed by atoms with Gasteiger partial charge in [0.05, 0.1) is 19.2 Å². The van der Waals surface area contributed by atoms with Crippen molar-refractivity contribution in [2.45, 2.75) is 6.42 Å². The molecule has 9 heteroatoms.